The number of rotatable bonds is 2. The number of fused-ring (bicyclic) bond motifs is 10. The van der Waals surface area contributed by atoms with E-state index >= 15 is 0 Å². The fourth-order valence-corrected chi connectivity index (χ4v) is 10.2. The first kappa shape index (κ1) is 29.0. The zero-order valence-electron chi connectivity index (χ0n) is 29.6. The average molecular weight is 652 g/mol. The molecule has 1 heterocycles. The summed E-state index contributed by atoms with van der Waals surface area (Å²) in [6.45, 7) is 11.7. The van der Waals surface area contributed by atoms with Crippen molar-refractivity contribution in [2.75, 3.05) is 0 Å². The molecule has 0 N–H and O–H groups in total. The van der Waals surface area contributed by atoms with E-state index in [2.05, 4.69) is 162 Å². The molecule has 7 aromatic carbocycles. The average Bonchev–Trinajstić information content (AvgIpc) is 3.69. The van der Waals surface area contributed by atoms with Crippen LogP contribution in [0.15, 0.2) is 134 Å². The van der Waals surface area contributed by atoms with Gasteiger partial charge in [0.15, 0.2) is 0 Å². The van der Waals surface area contributed by atoms with E-state index in [9.17, 15) is 0 Å². The number of benzene rings is 7. The Morgan fingerprint density at radius 2 is 0.902 bits per heavy atom. The number of hydrogen-bond donors (Lipinski definition) is 0. The molecule has 51 heavy (non-hydrogen) atoms. The fraction of sp³-hybridized carbons (Fsp3) is 0.140. The van der Waals surface area contributed by atoms with Gasteiger partial charge < -0.3 is 0 Å². The van der Waals surface area contributed by atoms with Gasteiger partial charge in [0, 0.05) is 28.1 Å². The molecule has 8 aromatic rings. The van der Waals surface area contributed by atoms with Gasteiger partial charge in [-0.3, -0.25) is 4.98 Å². The standard InChI is InChI=1S/C50H37N/c1-28-43-38(24-25-51-28)45(30-20-22-34-32-14-6-8-18-39(32)49(2,3)41(34)26-30)47-36-16-10-12-29-13-11-17-37(44(29)36)48(47)46(43)31-21-23-35-33-15-7-9-19-40(33)50(4,5)42(35)27-31/h6-27H,1-5H3. The molecule has 1 heteroatoms. The van der Waals surface area contributed by atoms with Crippen molar-refractivity contribution in [1.29, 1.82) is 0 Å². The second kappa shape index (κ2) is 9.71. The van der Waals surface area contributed by atoms with Gasteiger partial charge in [-0.2, -0.15) is 0 Å². The van der Waals surface area contributed by atoms with Crippen molar-refractivity contribution in [1.82, 2.24) is 4.98 Å². The zero-order chi connectivity index (χ0) is 34.4. The second-order valence-corrected chi connectivity index (χ2v) is 15.9. The Hall–Kier alpha value is -5.79. The van der Waals surface area contributed by atoms with Crippen LogP contribution in [0.5, 0.6) is 0 Å². The summed E-state index contributed by atoms with van der Waals surface area (Å²) in [5, 5.41) is 5.14. The molecule has 0 aliphatic heterocycles. The smallest absolute Gasteiger partial charge is 0.0457 e. The molecule has 242 valence electrons. The van der Waals surface area contributed by atoms with Gasteiger partial charge in [0.25, 0.3) is 0 Å². The summed E-state index contributed by atoms with van der Waals surface area (Å²) >= 11 is 0. The third kappa shape index (κ3) is 3.59. The molecular formula is C50H37N. The molecule has 0 atom stereocenters. The van der Waals surface area contributed by atoms with Crippen molar-refractivity contribution in [3.05, 3.63) is 162 Å². The first-order valence-electron chi connectivity index (χ1n) is 18.2. The minimum atomic E-state index is -0.0913. The van der Waals surface area contributed by atoms with Crippen molar-refractivity contribution in [2.24, 2.45) is 0 Å². The largest absolute Gasteiger partial charge is 0.261 e. The van der Waals surface area contributed by atoms with E-state index < -0.39 is 0 Å². The van der Waals surface area contributed by atoms with E-state index in [0.29, 0.717) is 0 Å². The molecule has 1 nitrogen and oxygen atoms in total. The van der Waals surface area contributed by atoms with Crippen LogP contribution in [0.1, 0.15) is 55.6 Å². The van der Waals surface area contributed by atoms with Gasteiger partial charge in [0.1, 0.15) is 0 Å². The lowest BCUT2D eigenvalue weighted by Crippen LogP contribution is -2.15. The maximum atomic E-state index is 4.99. The van der Waals surface area contributed by atoms with E-state index in [1.165, 1.54) is 111 Å². The quantitative estimate of drug-likeness (QED) is 0.181. The number of hydrogen-bond acceptors (Lipinski definition) is 1. The monoisotopic (exact) mass is 651 g/mol. The van der Waals surface area contributed by atoms with Crippen LogP contribution in [-0.4, -0.2) is 4.98 Å². The van der Waals surface area contributed by atoms with E-state index in [4.69, 9.17) is 4.98 Å². The summed E-state index contributed by atoms with van der Waals surface area (Å²) in [4.78, 5) is 4.99. The van der Waals surface area contributed by atoms with Gasteiger partial charge in [-0.25, -0.2) is 0 Å². The van der Waals surface area contributed by atoms with Crippen LogP contribution >= 0.6 is 0 Å². The molecule has 0 bridgehead atoms. The third-order valence-corrected chi connectivity index (χ3v) is 12.6. The van der Waals surface area contributed by atoms with Crippen LogP contribution in [-0.2, 0) is 10.8 Å². The van der Waals surface area contributed by atoms with Crippen LogP contribution < -0.4 is 0 Å². The number of pyridine rings is 1. The zero-order valence-corrected chi connectivity index (χ0v) is 29.6. The van der Waals surface area contributed by atoms with Gasteiger partial charge in [-0.15, -0.1) is 0 Å². The minimum absolute atomic E-state index is 0.0872. The van der Waals surface area contributed by atoms with Crippen molar-refractivity contribution < 1.29 is 0 Å². The van der Waals surface area contributed by atoms with Crippen LogP contribution in [0.3, 0.4) is 0 Å². The van der Waals surface area contributed by atoms with Crippen LogP contribution in [0.4, 0.5) is 0 Å². The Labute approximate surface area is 299 Å². The van der Waals surface area contributed by atoms with Crippen molar-refractivity contribution >= 4 is 21.5 Å². The predicted octanol–water partition coefficient (Wildman–Crippen LogP) is 13.3. The SMILES string of the molecule is Cc1nccc2c(-c3ccc4c(c3)C(C)(C)c3ccccc3-4)c3c(c(-c4ccc5c(c4)C(C)(C)c4ccccc4-5)c12)-c1cccc2cccc-3c12. The van der Waals surface area contributed by atoms with Crippen molar-refractivity contribution in [3.8, 4) is 66.8 Å². The van der Waals surface area contributed by atoms with Gasteiger partial charge in [0.05, 0.1) is 0 Å². The molecule has 0 amide bonds. The van der Waals surface area contributed by atoms with Crippen LogP contribution in [0.25, 0.3) is 88.3 Å². The second-order valence-electron chi connectivity index (χ2n) is 15.9. The van der Waals surface area contributed by atoms with E-state index in [0.717, 1.165) is 5.69 Å². The molecule has 3 aliphatic rings. The van der Waals surface area contributed by atoms with Crippen molar-refractivity contribution in [3.63, 3.8) is 0 Å². The highest BCUT2D eigenvalue weighted by molar-refractivity contribution is 6.28. The van der Waals surface area contributed by atoms with E-state index in [1.54, 1.807) is 0 Å². The van der Waals surface area contributed by atoms with Crippen LogP contribution in [0.2, 0.25) is 0 Å². The Morgan fingerprint density at radius 1 is 0.412 bits per heavy atom. The first-order valence-corrected chi connectivity index (χ1v) is 18.2. The molecule has 0 saturated heterocycles. The predicted molar refractivity (Wildman–Crippen MR) is 214 cm³/mol. The van der Waals surface area contributed by atoms with Gasteiger partial charge in [-0.1, -0.05) is 137 Å². The Balaban J connectivity index is 1.27. The van der Waals surface area contributed by atoms with Gasteiger partial charge >= 0.3 is 0 Å². The summed E-state index contributed by atoms with van der Waals surface area (Å²) in [6.07, 6.45) is 2.01. The minimum Gasteiger partial charge on any atom is -0.261 e. The van der Waals surface area contributed by atoms with E-state index in [1.807, 2.05) is 6.20 Å². The maximum absolute atomic E-state index is 4.99. The van der Waals surface area contributed by atoms with Crippen LogP contribution in [0, 0.1) is 6.92 Å². The lowest BCUT2D eigenvalue weighted by Gasteiger charge is -2.25. The fourth-order valence-electron chi connectivity index (χ4n) is 10.2. The lowest BCUT2D eigenvalue weighted by atomic mass is 9.78. The molecule has 11 rings (SSSR count). The molecule has 0 unspecified atom stereocenters. The van der Waals surface area contributed by atoms with E-state index in [-0.39, 0.29) is 10.8 Å². The van der Waals surface area contributed by atoms with Gasteiger partial charge in [-0.05, 0) is 130 Å². The van der Waals surface area contributed by atoms with Gasteiger partial charge in [0.2, 0.25) is 0 Å². The summed E-state index contributed by atoms with van der Waals surface area (Å²) < 4.78 is 0. The molecule has 0 saturated carbocycles. The Bertz CT molecular complexity index is 2860. The molecule has 0 radical (unpaired) electrons. The first-order chi connectivity index (χ1) is 24.7. The summed E-state index contributed by atoms with van der Waals surface area (Å²) in [5.74, 6) is 0. The molecule has 3 aliphatic carbocycles. The van der Waals surface area contributed by atoms with Crippen molar-refractivity contribution in [2.45, 2.75) is 45.4 Å². The Morgan fingerprint density at radius 3 is 1.49 bits per heavy atom. The topological polar surface area (TPSA) is 12.9 Å². The highest BCUT2D eigenvalue weighted by Gasteiger charge is 2.38. The maximum Gasteiger partial charge on any atom is 0.0457 e. The molecule has 1 aromatic heterocycles. The molecular weight excluding hydrogens is 615 g/mol. The molecule has 0 spiro atoms. The summed E-state index contributed by atoms with van der Waals surface area (Å²) in [7, 11) is 0. The molecule has 0 fully saturated rings. The highest BCUT2D eigenvalue weighted by atomic mass is 14.7. The highest BCUT2D eigenvalue weighted by Crippen LogP contribution is 2.60. The number of aryl methyl sites for hydroxylation is 1. The Kier molecular flexibility index (Phi) is 5.52. The third-order valence-electron chi connectivity index (χ3n) is 12.6. The number of aromatic nitrogens is 1. The summed E-state index contributed by atoms with van der Waals surface area (Å²) in [6, 6.07) is 48.3. The number of nitrogens with zero attached hydrogens (tertiary/aromatic N) is 1. The summed E-state index contributed by atoms with van der Waals surface area (Å²) in [5.41, 5.74) is 22.3. The normalized spacial score (nSPS) is 15.1. The lowest BCUT2D eigenvalue weighted by molar-refractivity contribution is 0.660.